The molecular formula is C20H26ClN3O2. The maximum Gasteiger partial charge on any atom is 0.251 e. The number of carbonyl (C=O) groups is 2. The van der Waals surface area contributed by atoms with Gasteiger partial charge in [0, 0.05) is 16.8 Å². The first-order valence-electron chi connectivity index (χ1n) is 8.21. The van der Waals surface area contributed by atoms with Gasteiger partial charge in [-0.05, 0) is 51.5 Å². The molecule has 4 N–H and O–H groups in total. The van der Waals surface area contributed by atoms with Crippen LogP contribution in [0.3, 0.4) is 0 Å². The third-order valence-corrected chi connectivity index (χ3v) is 3.60. The summed E-state index contributed by atoms with van der Waals surface area (Å²) >= 11 is 0. The molecule has 0 aliphatic carbocycles. The van der Waals surface area contributed by atoms with Crippen LogP contribution in [0.5, 0.6) is 0 Å². The Morgan fingerprint density at radius 1 is 1.04 bits per heavy atom. The van der Waals surface area contributed by atoms with E-state index in [2.05, 4.69) is 10.6 Å². The molecule has 0 aliphatic heterocycles. The van der Waals surface area contributed by atoms with Gasteiger partial charge in [0.1, 0.15) is 6.04 Å². The predicted molar refractivity (Wildman–Crippen MR) is 108 cm³/mol. The summed E-state index contributed by atoms with van der Waals surface area (Å²) < 4.78 is 0. The zero-order chi connectivity index (χ0) is 18.6. The van der Waals surface area contributed by atoms with E-state index in [4.69, 9.17) is 5.73 Å². The minimum absolute atomic E-state index is 0. The molecule has 6 heteroatoms. The smallest absolute Gasteiger partial charge is 0.251 e. The molecular weight excluding hydrogens is 350 g/mol. The van der Waals surface area contributed by atoms with Gasteiger partial charge in [-0.25, -0.2) is 0 Å². The Bertz CT molecular complexity index is 767. The maximum atomic E-state index is 12.4. The molecule has 5 nitrogen and oxygen atoms in total. The van der Waals surface area contributed by atoms with E-state index >= 15 is 0 Å². The fourth-order valence-corrected chi connectivity index (χ4v) is 2.30. The van der Waals surface area contributed by atoms with Crippen LogP contribution in [0.4, 0.5) is 5.69 Å². The first-order valence-corrected chi connectivity index (χ1v) is 8.21. The number of halogens is 1. The minimum Gasteiger partial charge on any atom is -0.347 e. The fourth-order valence-electron chi connectivity index (χ4n) is 2.30. The van der Waals surface area contributed by atoms with Gasteiger partial charge in [0.25, 0.3) is 5.91 Å². The Morgan fingerprint density at radius 3 is 2.23 bits per heavy atom. The third-order valence-electron chi connectivity index (χ3n) is 3.60. The van der Waals surface area contributed by atoms with Gasteiger partial charge < -0.3 is 16.4 Å². The van der Waals surface area contributed by atoms with E-state index in [-0.39, 0.29) is 29.8 Å². The first kappa shape index (κ1) is 21.7. The molecule has 0 bridgehead atoms. The van der Waals surface area contributed by atoms with Gasteiger partial charge in [-0.1, -0.05) is 35.9 Å². The number of amides is 2. The highest BCUT2D eigenvalue weighted by Crippen LogP contribution is 2.16. The van der Waals surface area contributed by atoms with Crippen molar-refractivity contribution < 1.29 is 9.59 Å². The molecule has 140 valence electrons. The quantitative estimate of drug-likeness (QED) is 0.763. The summed E-state index contributed by atoms with van der Waals surface area (Å²) in [5.41, 5.74) is 8.56. The molecule has 1 atom stereocenters. The van der Waals surface area contributed by atoms with Crippen molar-refractivity contribution in [3.63, 3.8) is 0 Å². The lowest BCUT2D eigenvalue weighted by Gasteiger charge is -2.20. The summed E-state index contributed by atoms with van der Waals surface area (Å²) in [7, 11) is 0. The van der Waals surface area contributed by atoms with E-state index in [0.29, 0.717) is 11.3 Å². The van der Waals surface area contributed by atoms with E-state index < -0.39 is 6.04 Å². The Balaban J connectivity index is 0.00000338. The topological polar surface area (TPSA) is 84.2 Å². The van der Waals surface area contributed by atoms with Crippen LogP contribution < -0.4 is 16.4 Å². The van der Waals surface area contributed by atoms with Gasteiger partial charge in [-0.2, -0.15) is 0 Å². The second kappa shape index (κ2) is 8.83. The summed E-state index contributed by atoms with van der Waals surface area (Å²) in [4.78, 5) is 24.6. The largest absolute Gasteiger partial charge is 0.347 e. The third kappa shape index (κ3) is 6.17. The number of carbonyl (C=O) groups excluding carboxylic acids is 2. The van der Waals surface area contributed by atoms with Crippen molar-refractivity contribution >= 4 is 29.9 Å². The molecule has 2 aromatic rings. The highest BCUT2D eigenvalue weighted by molar-refractivity contribution is 5.99. The summed E-state index contributed by atoms with van der Waals surface area (Å²) in [6.45, 7) is 7.72. The number of nitrogens with one attached hydrogen (secondary N) is 2. The summed E-state index contributed by atoms with van der Waals surface area (Å²) in [6.07, 6.45) is 0. The normalized spacial score (nSPS) is 11.9. The molecule has 0 fully saturated rings. The molecule has 26 heavy (non-hydrogen) atoms. The molecule has 2 aromatic carbocycles. The summed E-state index contributed by atoms with van der Waals surface area (Å²) in [6, 6.07) is 13.5. The number of anilines is 1. The molecule has 0 radical (unpaired) electrons. The standard InChI is InChI=1S/C20H25N3O2.ClH/c1-13-8-10-14(11-9-13)17(21)19(25)22-16-7-5-6-15(12-16)18(24)23-20(2,3)4;/h5-12,17H,21H2,1-4H3,(H,22,25)(H,23,24);1H. The number of benzene rings is 2. The van der Waals surface area contributed by atoms with Crippen molar-refractivity contribution in [1.29, 1.82) is 0 Å². The van der Waals surface area contributed by atoms with Crippen molar-refractivity contribution in [2.75, 3.05) is 5.32 Å². The second-order valence-corrected chi connectivity index (χ2v) is 7.16. The number of hydrogen-bond acceptors (Lipinski definition) is 3. The number of hydrogen-bond donors (Lipinski definition) is 3. The lowest BCUT2D eigenvalue weighted by Crippen LogP contribution is -2.40. The van der Waals surface area contributed by atoms with Gasteiger partial charge in [-0.15, -0.1) is 12.4 Å². The highest BCUT2D eigenvalue weighted by Gasteiger charge is 2.18. The molecule has 0 heterocycles. The van der Waals surface area contributed by atoms with Gasteiger partial charge in [0.05, 0.1) is 0 Å². The molecule has 0 saturated heterocycles. The molecule has 2 rings (SSSR count). The molecule has 1 unspecified atom stereocenters. The van der Waals surface area contributed by atoms with Crippen molar-refractivity contribution in [3.05, 3.63) is 65.2 Å². The van der Waals surface area contributed by atoms with E-state index in [0.717, 1.165) is 11.1 Å². The SMILES string of the molecule is Cc1ccc(C(N)C(=O)Nc2cccc(C(=O)NC(C)(C)C)c2)cc1.Cl. The van der Waals surface area contributed by atoms with Crippen molar-refractivity contribution in [2.24, 2.45) is 5.73 Å². The van der Waals surface area contributed by atoms with Crippen LogP contribution in [0, 0.1) is 6.92 Å². The first-order chi connectivity index (χ1) is 11.7. The number of rotatable bonds is 4. The Morgan fingerprint density at radius 2 is 1.65 bits per heavy atom. The van der Waals surface area contributed by atoms with E-state index in [1.54, 1.807) is 24.3 Å². The van der Waals surface area contributed by atoms with Gasteiger partial charge in [0.15, 0.2) is 0 Å². The van der Waals surface area contributed by atoms with E-state index in [9.17, 15) is 9.59 Å². The lowest BCUT2D eigenvalue weighted by atomic mass is 10.0. The van der Waals surface area contributed by atoms with Crippen LogP contribution >= 0.6 is 12.4 Å². The van der Waals surface area contributed by atoms with Gasteiger partial charge in [-0.3, -0.25) is 9.59 Å². The average molecular weight is 376 g/mol. The van der Waals surface area contributed by atoms with Crippen molar-refractivity contribution in [1.82, 2.24) is 5.32 Å². The number of nitrogens with two attached hydrogens (primary N) is 1. The molecule has 0 aliphatic rings. The van der Waals surface area contributed by atoms with Gasteiger partial charge in [0.2, 0.25) is 5.91 Å². The molecule has 0 saturated carbocycles. The van der Waals surface area contributed by atoms with Crippen molar-refractivity contribution in [2.45, 2.75) is 39.3 Å². The second-order valence-electron chi connectivity index (χ2n) is 7.16. The van der Waals surface area contributed by atoms with Crippen LogP contribution in [-0.4, -0.2) is 17.4 Å². The van der Waals surface area contributed by atoms with Gasteiger partial charge >= 0.3 is 0 Å². The predicted octanol–water partition coefficient (Wildman–Crippen LogP) is 3.58. The monoisotopic (exact) mass is 375 g/mol. The number of aryl methyl sites for hydroxylation is 1. The molecule has 0 aromatic heterocycles. The Hall–Kier alpha value is -2.37. The molecule has 2 amide bonds. The van der Waals surface area contributed by atoms with Crippen LogP contribution in [0.1, 0.15) is 48.3 Å². The fraction of sp³-hybridized carbons (Fsp3) is 0.300. The zero-order valence-electron chi connectivity index (χ0n) is 15.5. The van der Waals surface area contributed by atoms with E-state index in [1.807, 2.05) is 52.0 Å². The highest BCUT2D eigenvalue weighted by atomic mass is 35.5. The van der Waals surface area contributed by atoms with Crippen LogP contribution in [0.25, 0.3) is 0 Å². The molecule has 0 spiro atoms. The van der Waals surface area contributed by atoms with Crippen molar-refractivity contribution in [3.8, 4) is 0 Å². The van der Waals surface area contributed by atoms with Crippen LogP contribution in [-0.2, 0) is 4.79 Å². The Kier molecular flexibility index (Phi) is 7.36. The minimum atomic E-state index is -0.771. The summed E-state index contributed by atoms with van der Waals surface area (Å²) in [5, 5.41) is 5.66. The van der Waals surface area contributed by atoms with E-state index in [1.165, 1.54) is 0 Å². The summed E-state index contributed by atoms with van der Waals surface area (Å²) in [5.74, 6) is -0.510. The van der Waals surface area contributed by atoms with Crippen LogP contribution in [0.15, 0.2) is 48.5 Å². The maximum absolute atomic E-state index is 12.4. The lowest BCUT2D eigenvalue weighted by molar-refractivity contribution is -0.117. The Labute approximate surface area is 160 Å². The van der Waals surface area contributed by atoms with Crippen LogP contribution in [0.2, 0.25) is 0 Å². The zero-order valence-corrected chi connectivity index (χ0v) is 16.3. The average Bonchev–Trinajstić information content (AvgIpc) is 2.53.